The van der Waals surface area contributed by atoms with E-state index < -0.39 is 0 Å². The van der Waals surface area contributed by atoms with Crippen molar-refractivity contribution in [1.82, 2.24) is 9.97 Å². The van der Waals surface area contributed by atoms with Gasteiger partial charge >= 0.3 is 0 Å². The van der Waals surface area contributed by atoms with Gasteiger partial charge in [0.1, 0.15) is 17.3 Å². The van der Waals surface area contributed by atoms with Gasteiger partial charge in [0, 0.05) is 42.8 Å². The molecule has 1 aromatic heterocycles. The lowest BCUT2D eigenvalue weighted by molar-refractivity contribution is -0.384. The highest BCUT2D eigenvalue weighted by atomic mass is 32.2. The Morgan fingerprint density at radius 2 is 1.94 bits per heavy atom. The molecule has 0 atom stereocenters. The van der Waals surface area contributed by atoms with E-state index in [4.69, 9.17) is 6.42 Å². The molecule has 0 spiro atoms. The Morgan fingerprint density at radius 1 is 1.21 bits per heavy atom. The van der Waals surface area contributed by atoms with Crippen LogP contribution < -0.4 is 10.2 Å². The fourth-order valence-electron chi connectivity index (χ4n) is 4.00. The van der Waals surface area contributed by atoms with Crippen LogP contribution in [-0.4, -0.2) is 39.5 Å². The lowest BCUT2D eigenvalue weighted by Crippen LogP contribution is -2.33. The second-order valence-corrected chi connectivity index (χ2v) is 9.14. The van der Waals surface area contributed by atoms with Crippen LogP contribution >= 0.6 is 11.8 Å². The van der Waals surface area contributed by atoms with Gasteiger partial charge in [0.25, 0.3) is 5.69 Å². The van der Waals surface area contributed by atoms with Gasteiger partial charge in [0.2, 0.25) is 0 Å². The third-order valence-corrected chi connectivity index (χ3v) is 6.64. The maximum Gasteiger partial charge on any atom is 0.297 e. The zero-order valence-corrected chi connectivity index (χ0v) is 19.5. The molecule has 1 N–H and O–H groups in total. The van der Waals surface area contributed by atoms with Crippen LogP contribution in [-0.2, 0) is 6.42 Å². The monoisotopic (exact) mass is 459 g/mol. The van der Waals surface area contributed by atoms with Crippen LogP contribution in [0.3, 0.4) is 0 Å². The standard InChI is InChI=1S/C25H25N5O2S/c1-4-19-5-7-20(8-6-19)16-23-26-10-9-22(27-23)28-24-17(2)15-21(25(18(24)3)30(31)32)29-11-13-33-14-12-29/h1,5-10,15H,11-14,16H2,2-3H3,(H,26,27,28). The summed E-state index contributed by atoms with van der Waals surface area (Å²) in [5.74, 6) is 5.82. The summed E-state index contributed by atoms with van der Waals surface area (Å²) in [5, 5.41) is 15.3. The number of nitrogens with zero attached hydrogens (tertiary/aromatic N) is 4. The van der Waals surface area contributed by atoms with Crippen molar-refractivity contribution in [3.8, 4) is 12.3 Å². The number of aryl methyl sites for hydroxylation is 1. The maximum absolute atomic E-state index is 12.0. The van der Waals surface area contributed by atoms with Crippen molar-refractivity contribution < 1.29 is 4.92 Å². The Kier molecular flexibility index (Phi) is 6.80. The number of aromatic nitrogens is 2. The zero-order valence-electron chi connectivity index (χ0n) is 18.7. The number of benzene rings is 2. The van der Waals surface area contributed by atoms with Crippen molar-refractivity contribution in [3.63, 3.8) is 0 Å². The highest BCUT2D eigenvalue weighted by Gasteiger charge is 2.27. The van der Waals surface area contributed by atoms with Gasteiger partial charge in [-0.1, -0.05) is 18.1 Å². The Bertz CT molecular complexity index is 1210. The first-order chi connectivity index (χ1) is 16.0. The molecule has 1 aliphatic heterocycles. The van der Waals surface area contributed by atoms with E-state index >= 15 is 0 Å². The number of terminal acetylenes is 1. The zero-order chi connectivity index (χ0) is 23.4. The molecule has 168 valence electrons. The van der Waals surface area contributed by atoms with Crippen molar-refractivity contribution in [2.75, 3.05) is 34.8 Å². The van der Waals surface area contributed by atoms with Crippen LogP contribution in [0.1, 0.15) is 28.1 Å². The van der Waals surface area contributed by atoms with E-state index in [2.05, 4.69) is 26.1 Å². The number of nitro groups is 1. The minimum atomic E-state index is -0.275. The minimum absolute atomic E-state index is 0.151. The van der Waals surface area contributed by atoms with Gasteiger partial charge in [-0.25, -0.2) is 9.97 Å². The molecular formula is C25H25N5O2S. The second kappa shape index (κ2) is 9.92. The summed E-state index contributed by atoms with van der Waals surface area (Å²) in [5.41, 5.74) is 4.99. The summed E-state index contributed by atoms with van der Waals surface area (Å²) in [7, 11) is 0. The van der Waals surface area contributed by atoms with Crippen LogP contribution in [0.4, 0.5) is 22.9 Å². The normalized spacial score (nSPS) is 13.4. The third-order valence-electron chi connectivity index (χ3n) is 5.70. The first kappa shape index (κ1) is 22.6. The summed E-state index contributed by atoms with van der Waals surface area (Å²) in [6, 6.07) is 11.4. The smallest absolute Gasteiger partial charge is 0.297 e. The van der Waals surface area contributed by atoms with Gasteiger partial charge in [0.05, 0.1) is 16.2 Å². The number of hydrogen-bond acceptors (Lipinski definition) is 7. The molecule has 0 bridgehead atoms. The number of anilines is 3. The van der Waals surface area contributed by atoms with Crippen LogP contribution in [0.25, 0.3) is 0 Å². The number of hydrogen-bond donors (Lipinski definition) is 1. The molecule has 1 aliphatic rings. The highest BCUT2D eigenvalue weighted by molar-refractivity contribution is 7.99. The lowest BCUT2D eigenvalue weighted by Gasteiger charge is -2.29. The molecule has 2 aromatic carbocycles. The average Bonchev–Trinajstić information content (AvgIpc) is 2.82. The molecule has 0 radical (unpaired) electrons. The molecule has 0 amide bonds. The van der Waals surface area contributed by atoms with E-state index in [0.29, 0.717) is 35.0 Å². The van der Waals surface area contributed by atoms with Crippen molar-refractivity contribution in [2.45, 2.75) is 20.3 Å². The van der Waals surface area contributed by atoms with E-state index in [1.807, 2.05) is 49.0 Å². The van der Waals surface area contributed by atoms with Gasteiger partial charge in [-0.05, 0) is 49.2 Å². The predicted molar refractivity (Wildman–Crippen MR) is 135 cm³/mol. The SMILES string of the molecule is C#Cc1ccc(Cc2nccc(Nc3c(C)cc(N4CCSCC4)c([N+](=O)[O-])c3C)n2)cc1. The van der Waals surface area contributed by atoms with Crippen molar-refractivity contribution in [1.29, 1.82) is 0 Å². The van der Waals surface area contributed by atoms with Gasteiger partial charge in [-0.2, -0.15) is 11.8 Å². The molecule has 33 heavy (non-hydrogen) atoms. The molecule has 7 nitrogen and oxygen atoms in total. The lowest BCUT2D eigenvalue weighted by atomic mass is 10.0. The first-order valence-corrected chi connectivity index (χ1v) is 11.9. The van der Waals surface area contributed by atoms with E-state index in [-0.39, 0.29) is 10.6 Å². The second-order valence-electron chi connectivity index (χ2n) is 7.92. The van der Waals surface area contributed by atoms with E-state index in [0.717, 1.165) is 41.3 Å². The molecule has 2 heterocycles. The van der Waals surface area contributed by atoms with Gasteiger partial charge in [0.15, 0.2) is 0 Å². The third kappa shape index (κ3) is 5.10. The molecule has 8 heteroatoms. The quantitative estimate of drug-likeness (QED) is 0.320. The Labute approximate surface area is 197 Å². The summed E-state index contributed by atoms with van der Waals surface area (Å²) in [6.07, 6.45) is 7.68. The first-order valence-electron chi connectivity index (χ1n) is 10.7. The number of thioether (sulfide) groups is 1. The van der Waals surface area contributed by atoms with Crippen LogP contribution in [0.5, 0.6) is 0 Å². The topological polar surface area (TPSA) is 84.2 Å². The van der Waals surface area contributed by atoms with Crippen molar-refractivity contribution >= 4 is 34.6 Å². The van der Waals surface area contributed by atoms with Gasteiger partial charge in [-0.3, -0.25) is 10.1 Å². The van der Waals surface area contributed by atoms with Crippen molar-refractivity contribution in [3.05, 3.63) is 80.8 Å². The van der Waals surface area contributed by atoms with Gasteiger partial charge in [-0.15, -0.1) is 6.42 Å². The molecule has 0 aliphatic carbocycles. The van der Waals surface area contributed by atoms with Gasteiger partial charge < -0.3 is 10.2 Å². The largest absolute Gasteiger partial charge is 0.364 e. The molecule has 0 saturated carbocycles. The van der Waals surface area contributed by atoms with Crippen LogP contribution in [0, 0.1) is 36.3 Å². The summed E-state index contributed by atoms with van der Waals surface area (Å²) < 4.78 is 0. The number of nitro benzene ring substituents is 1. The molecule has 4 rings (SSSR count). The Hall–Kier alpha value is -3.57. The molecule has 1 fully saturated rings. The number of rotatable bonds is 6. The summed E-state index contributed by atoms with van der Waals surface area (Å²) in [4.78, 5) is 22.9. The van der Waals surface area contributed by atoms with Crippen LogP contribution in [0.2, 0.25) is 0 Å². The van der Waals surface area contributed by atoms with E-state index in [1.165, 1.54) is 0 Å². The fourth-order valence-corrected chi connectivity index (χ4v) is 4.91. The van der Waals surface area contributed by atoms with E-state index in [9.17, 15) is 10.1 Å². The Morgan fingerprint density at radius 3 is 2.61 bits per heavy atom. The van der Waals surface area contributed by atoms with E-state index in [1.54, 1.807) is 19.2 Å². The van der Waals surface area contributed by atoms with Crippen LogP contribution in [0.15, 0.2) is 42.6 Å². The number of nitrogens with one attached hydrogen (secondary N) is 1. The Balaban J connectivity index is 1.62. The fraction of sp³-hybridized carbons (Fsp3) is 0.280. The average molecular weight is 460 g/mol. The highest BCUT2D eigenvalue weighted by Crippen LogP contribution is 2.40. The molecular weight excluding hydrogens is 434 g/mol. The molecule has 0 unspecified atom stereocenters. The minimum Gasteiger partial charge on any atom is -0.364 e. The van der Waals surface area contributed by atoms with Crippen molar-refractivity contribution in [2.24, 2.45) is 0 Å². The molecule has 3 aromatic rings. The summed E-state index contributed by atoms with van der Waals surface area (Å²) >= 11 is 1.88. The molecule has 1 saturated heterocycles. The summed E-state index contributed by atoms with van der Waals surface area (Å²) in [6.45, 7) is 5.39. The maximum atomic E-state index is 12.0. The predicted octanol–water partition coefficient (Wildman–Crippen LogP) is 4.87.